The normalized spacial score (nSPS) is 17.5. The Morgan fingerprint density at radius 2 is 2.11 bits per heavy atom. The van der Waals surface area contributed by atoms with Crippen molar-refractivity contribution in [1.29, 1.82) is 0 Å². The van der Waals surface area contributed by atoms with Crippen LogP contribution < -0.4 is 10.1 Å². The van der Waals surface area contributed by atoms with E-state index in [1.54, 1.807) is 12.1 Å². The Labute approximate surface area is 165 Å². The molecule has 1 fully saturated rings. The summed E-state index contributed by atoms with van der Waals surface area (Å²) in [6.07, 6.45) is -0.0100. The highest BCUT2D eigenvalue weighted by molar-refractivity contribution is 6.31. The first-order valence-electron chi connectivity index (χ1n) is 9.13. The summed E-state index contributed by atoms with van der Waals surface area (Å²) < 4.78 is 11.3. The van der Waals surface area contributed by atoms with Crippen LogP contribution in [0.3, 0.4) is 0 Å². The minimum Gasteiger partial charge on any atom is -0.484 e. The molecule has 0 radical (unpaired) electrons. The van der Waals surface area contributed by atoms with Crippen molar-refractivity contribution >= 4 is 17.5 Å². The van der Waals surface area contributed by atoms with Crippen molar-refractivity contribution in [3.05, 3.63) is 64.7 Å². The van der Waals surface area contributed by atoms with Gasteiger partial charge in [-0.25, -0.2) is 0 Å². The van der Waals surface area contributed by atoms with Crippen molar-refractivity contribution < 1.29 is 14.3 Å². The minimum absolute atomic E-state index is 0.0100. The Kier molecular flexibility index (Phi) is 7.10. The van der Waals surface area contributed by atoms with Crippen LogP contribution in [-0.4, -0.2) is 49.8 Å². The predicted molar refractivity (Wildman–Crippen MR) is 106 cm³/mol. The zero-order chi connectivity index (χ0) is 19.1. The summed E-state index contributed by atoms with van der Waals surface area (Å²) in [6, 6.07) is 15.7. The number of ether oxygens (including phenoxy) is 2. The highest BCUT2D eigenvalue weighted by atomic mass is 35.5. The zero-order valence-electron chi connectivity index (χ0n) is 15.5. The molecule has 1 atom stereocenters. The number of carbonyl (C=O) groups is 1. The topological polar surface area (TPSA) is 50.8 Å². The molecule has 1 saturated heterocycles. The van der Waals surface area contributed by atoms with Crippen LogP contribution >= 0.6 is 11.6 Å². The van der Waals surface area contributed by atoms with Crippen LogP contribution in [0.5, 0.6) is 5.75 Å². The largest absolute Gasteiger partial charge is 0.484 e. The molecule has 0 saturated carbocycles. The van der Waals surface area contributed by atoms with Crippen molar-refractivity contribution in [2.45, 2.75) is 19.6 Å². The molecule has 1 amide bonds. The number of carbonyl (C=O) groups excluding carboxylic acids is 1. The summed E-state index contributed by atoms with van der Waals surface area (Å²) in [5.41, 5.74) is 2.21. The molecule has 1 heterocycles. The van der Waals surface area contributed by atoms with Gasteiger partial charge in [-0.15, -0.1) is 0 Å². The summed E-state index contributed by atoms with van der Waals surface area (Å²) in [4.78, 5) is 14.4. The van der Waals surface area contributed by atoms with Crippen LogP contribution in [0.15, 0.2) is 48.5 Å². The molecule has 27 heavy (non-hydrogen) atoms. The molecule has 3 rings (SSSR count). The third kappa shape index (κ3) is 6.24. The van der Waals surface area contributed by atoms with Crippen LogP contribution in [0.4, 0.5) is 0 Å². The van der Waals surface area contributed by atoms with E-state index in [2.05, 4.69) is 34.5 Å². The van der Waals surface area contributed by atoms with Gasteiger partial charge < -0.3 is 14.8 Å². The monoisotopic (exact) mass is 388 g/mol. The van der Waals surface area contributed by atoms with Gasteiger partial charge in [-0.2, -0.15) is 0 Å². The lowest BCUT2D eigenvalue weighted by Crippen LogP contribution is -2.47. The van der Waals surface area contributed by atoms with Gasteiger partial charge in [0.2, 0.25) is 0 Å². The summed E-state index contributed by atoms with van der Waals surface area (Å²) in [6.45, 7) is 5.62. The molecule has 0 unspecified atom stereocenters. The quantitative estimate of drug-likeness (QED) is 0.792. The van der Waals surface area contributed by atoms with Gasteiger partial charge in [0, 0.05) is 31.2 Å². The van der Waals surface area contributed by atoms with Crippen LogP contribution in [0.1, 0.15) is 11.1 Å². The molecule has 2 aromatic rings. The SMILES string of the molecule is Cc1cc(OCC(=O)NC[C@@H]2CN(Cc3ccccc3)CCO2)ccc1Cl. The number of hydrogen-bond acceptors (Lipinski definition) is 4. The number of halogens is 1. The summed E-state index contributed by atoms with van der Waals surface area (Å²) in [5.74, 6) is 0.474. The molecule has 1 aliphatic heterocycles. The van der Waals surface area contributed by atoms with Gasteiger partial charge in [0.25, 0.3) is 5.91 Å². The lowest BCUT2D eigenvalue weighted by molar-refractivity contribution is -0.124. The van der Waals surface area contributed by atoms with Gasteiger partial charge in [0.15, 0.2) is 6.61 Å². The molecule has 144 valence electrons. The Balaban J connectivity index is 1.39. The van der Waals surface area contributed by atoms with E-state index in [0.717, 1.165) is 25.2 Å². The van der Waals surface area contributed by atoms with Crippen LogP contribution in [0, 0.1) is 6.92 Å². The van der Waals surface area contributed by atoms with Crippen LogP contribution in [0.2, 0.25) is 5.02 Å². The third-order valence-corrected chi connectivity index (χ3v) is 4.92. The van der Waals surface area contributed by atoms with Crippen molar-refractivity contribution in [3.8, 4) is 5.75 Å². The first-order chi connectivity index (χ1) is 13.1. The van der Waals surface area contributed by atoms with Crippen molar-refractivity contribution in [3.63, 3.8) is 0 Å². The summed E-state index contributed by atoms with van der Waals surface area (Å²) in [5, 5.41) is 3.57. The minimum atomic E-state index is -0.161. The zero-order valence-corrected chi connectivity index (χ0v) is 16.2. The smallest absolute Gasteiger partial charge is 0.258 e. The molecule has 0 aromatic heterocycles. The second-order valence-corrected chi connectivity index (χ2v) is 7.12. The highest BCUT2D eigenvalue weighted by Crippen LogP contribution is 2.20. The Bertz CT molecular complexity index is 754. The van der Waals surface area contributed by atoms with Gasteiger partial charge in [0.05, 0.1) is 12.7 Å². The molecule has 2 aromatic carbocycles. The number of benzene rings is 2. The molecule has 0 bridgehead atoms. The van der Waals surface area contributed by atoms with Crippen molar-refractivity contribution in [1.82, 2.24) is 10.2 Å². The summed E-state index contributed by atoms with van der Waals surface area (Å²) in [7, 11) is 0. The fraction of sp³-hybridized carbons (Fsp3) is 0.381. The fourth-order valence-electron chi connectivity index (χ4n) is 3.02. The first kappa shape index (κ1) is 19.7. The highest BCUT2D eigenvalue weighted by Gasteiger charge is 2.21. The van der Waals surface area contributed by atoms with Gasteiger partial charge in [-0.05, 0) is 36.2 Å². The van der Waals surface area contributed by atoms with E-state index < -0.39 is 0 Å². The van der Waals surface area contributed by atoms with Crippen molar-refractivity contribution in [2.24, 2.45) is 0 Å². The van der Waals surface area contributed by atoms with Crippen LogP contribution in [0.25, 0.3) is 0 Å². The number of rotatable bonds is 7. The van der Waals surface area contributed by atoms with E-state index in [9.17, 15) is 4.79 Å². The molecule has 0 spiro atoms. The van der Waals surface area contributed by atoms with E-state index in [1.807, 2.05) is 19.1 Å². The molecule has 6 heteroatoms. The summed E-state index contributed by atoms with van der Waals surface area (Å²) >= 11 is 5.99. The van der Waals surface area contributed by atoms with E-state index in [0.29, 0.717) is 23.9 Å². The standard InChI is InChI=1S/C21H25ClN2O3/c1-16-11-18(7-8-20(16)22)27-15-21(25)23-12-19-14-24(9-10-26-19)13-17-5-3-2-4-6-17/h2-8,11,19H,9-10,12-15H2,1H3,(H,23,25)/t19-/m1/s1. The number of morpholine rings is 1. The molecule has 1 aliphatic rings. The molecule has 1 N–H and O–H groups in total. The lowest BCUT2D eigenvalue weighted by atomic mass is 10.2. The van der Waals surface area contributed by atoms with Gasteiger partial charge >= 0.3 is 0 Å². The number of hydrogen-bond donors (Lipinski definition) is 1. The van der Waals surface area contributed by atoms with E-state index in [4.69, 9.17) is 21.1 Å². The van der Waals surface area contributed by atoms with Gasteiger partial charge in [0.1, 0.15) is 5.75 Å². The van der Waals surface area contributed by atoms with Gasteiger partial charge in [-0.3, -0.25) is 9.69 Å². The maximum Gasteiger partial charge on any atom is 0.258 e. The number of nitrogens with zero attached hydrogens (tertiary/aromatic N) is 1. The number of amides is 1. The average Bonchev–Trinajstić information content (AvgIpc) is 2.68. The van der Waals surface area contributed by atoms with Crippen molar-refractivity contribution in [2.75, 3.05) is 32.8 Å². The maximum atomic E-state index is 12.1. The Hall–Kier alpha value is -2.08. The fourth-order valence-corrected chi connectivity index (χ4v) is 3.14. The molecular formula is C21H25ClN2O3. The number of aryl methyl sites for hydroxylation is 1. The predicted octanol–water partition coefficient (Wildman–Crippen LogP) is 3.04. The second kappa shape index (κ2) is 9.74. The Morgan fingerprint density at radius 1 is 1.30 bits per heavy atom. The third-order valence-electron chi connectivity index (χ3n) is 4.50. The molecule has 5 nitrogen and oxygen atoms in total. The maximum absolute atomic E-state index is 12.1. The van der Waals surface area contributed by atoms with Crippen LogP contribution in [-0.2, 0) is 16.1 Å². The number of nitrogens with one attached hydrogen (secondary N) is 1. The van der Waals surface area contributed by atoms with Gasteiger partial charge in [-0.1, -0.05) is 41.9 Å². The lowest BCUT2D eigenvalue weighted by Gasteiger charge is -2.33. The molecular weight excluding hydrogens is 364 g/mol. The second-order valence-electron chi connectivity index (χ2n) is 6.72. The van der Waals surface area contributed by atoms with E-state index >= 15 is 0 Å². The first-order valence-corrected chi connectivity index (χ1v) is 9.51. The Morgan fingerprint density at radius 3 is 2.89 bits per heavy atom. The average molecular weight is 389 g/mol. The molecule has 0 aliphatic carbocycles. The van der Waals surface area contributed by atoms with E-state index in [1.165, 1.54) is 5.56 Å². The van der Waals surface area contributed by atoms with E-state index in [-0.39, 0.29) is 18.6 Å².